The summed E-state index contributed by atoms with van der Waals surface area (Å²) < 4.78 is 13.6. The van der Waals surface area contributed by atoms with Gasteiger partial charge >= 0.3 is 0 Å². The Hall–Kier alpha value is -2.41. The number of thioether (sulfide) groups is 1. The van der Waals surface area contributed by atoms with Crippen LogP contribution in [0, 0.1) is 22.9 Å². The molecule has 0 aliphatic carbocycles. The van der Waals surface area contributed by atoms with Crippen LogP contribution in [0.3, 0.4) is 0 Å². The summed E-state index contributed by atoms with van der Waals surface area (Å²) in [5, 5.41) is 13.1. The van der Waals surface area contributed by atoms with Crippen LogP contribution in [-0.4, -0.2) is 16.6 Å². The van der Waals surface area contributed by atoms with E-state index in [9.17, 15) is 19.3 Å². The van der Waals surface area contributed by atoms with Crippen molar-refractivity contribution in [2.75, 3.05) is 11.1 Å². The monoisotopic (exact) mass is 334 g/mol. The van der Waals surface area contributed by atoms with Gasteiger partial charge in [-0.15, -0.1) is 11.8 Å². The van der Waals surface area contributed by atoms with Gasteiger partial charge in [0.2, 0.25) is 5.91 Å². The predicted molar refractivity (Wildman–Crippen MR) is 89.0 cm³/mol. The number of non-ortho nitro benzene ring substituents is 1. The first-order chi connectivity index (χ1) is 11.0. The van der Waals surface area contributed by atoms with Crippen molar-refractivity contribution in [1.29, 1.82) is 0 Å². The van der Waals surface area contributed by atoms with E-state index in [-0.39, 0.29) is 23.0 Å². The van der Waals surface area contributed by atoms with E-state index in [0.29, 0.717) is 5.75 Å². The van der Waals surface area contributed by atoms with Gasteiger partial charge in [-0.1, -0.05) is 18.2 Å². The minimum absolute atomic E-state index is 0.0336. The smallest absolute Gasteiger partial charge is 0.269 e. The first kappa shape index (κ1) is 17.0. The molecular weight excluding hydrogens is 319 g/mol. The maximum atomic E-state index is 13.6. The number of carbonyl (C=O) groups excluding carboxylic acids is 1. The van der Waals surface area contributed by atoms with Crippen LogP contribution in [-0.2, 0) is 10.5 Å². The highest BCUT2D eigenvalue weighted by molar-refractivity contribution is 7.99. The van der Waals surface area contributed by atoms with Crippen LogP contribution in [0.25, 0.3) is 0 Å². The number of halogens is 1. The van der Waals surface area contributed by atoms with Gasteiger partial charge in [0.15, 0.2) is 0 Å². The molecule has 0 saturated carbocycles. The summed E-state index contributed by atoms with van der Waals surface area (Å²) >= 11 is 1.35. The van der Waals surface area contributed by atoms with E-state index in [4.69, 9.17) is 0 Å². The molecular formula is C16H15FN2O3S. The van der Waals surface area contributed by atoms with Gasteiger partial charge in [0.25, 0.3) is 5.69 Å². The first-order valence-electron chi connectivity index (χ1n) is 6.83. The second-order valence-corrected chi connectivity index (χ2v) is 5.93. The number of carbonyl (C=O) groups is 1. The zero-order chi connectivity index (χ0) is 16.8. The third-order valence-corrected chi connectivity index (χ3v) is 4.05. The summed E-state index contributed by atoms with van der Waals surface area (Å²) in [4.78, 5) is 21.9. The number of nitrogens with one attached hydrogen (secondary N) is 1. The van der Waals surface area contributed by atoms with E-state index >= 15 is 0 Å². The molecule has 23 heavy (non-hydrogen) atoms. The lowest BCUT2D eigenvalue weighted by atomic mass is 10.2. The van der Waals surface area contributed by atoms with Crippen molar-refractivity contribution < 1.29 is 14.1 Å². The molecule has 1 amide bonds. The van der Waals surface area contributed by atoms with E-state index in [1.807, 2.05) is 0 Å². The van der Waals surface area contributed by atoms with Crippen molar-refractivity contribution in [2.24, 2.45) is 0 Å². The average molecular weight is 334 g/mol. The molecule has 2 aromatic carbocycles. The topological polar surface area (TPSA) is 72.2 Å². The molecule has 0 unspecified atom stereocenters. The summed E-state index contributed by atoms with van der Waals surface area (Å²) in [6.07, 6.45) is 0. The minimum atomic E-state index is -0.460. The Labute approximate surface area is 137 Å². The number of hydrogen-bond donors (Lipinski definition) is 1. The zero-order valence-electron chi connectivity index (χ0n) is 12.4. The fourth-order valence-corrected chi connectivity index (χ4v) is 2.67. The van der Waals surface area contributed by atoms with Crippen molar-refractivity contribution in [3.05, 3.63) is 69.5 Å². The second-order valence-electron chi connectivity index (χ2n) is 4.95. The van der Waals surface area contributed by atoms with E-state index in [1.54, 1.807) is 25.1 Å². The van der Waals surface area contributed by atoms with Crippen molar-refractivity contribution >= 4 is 29.0 Å². The largest absolute Gasteiger partial charge is 0.323 e. The van der Waals surface area contributed by atoms with Crippen molar-refractivity contribution in [3.63, 3.8) is 0 Å². The van der Waals surface area contributed by atoms with Crippen molar-refractivity contribution in [2.45, 2.75) is 12.7 Å². The SMILES string of the molecule is Cc1ccc(NC(=O)CSCc2ccc([N+](=O)[O-])cc2)c(F)c1. The molecule has 0 aromatic heterocycles. The summed E-state index contributed by atoms with van der Waals surface area (Å²) in [7, 11) is 0. The number of rotatable bonds is 6. The molecule has 0 aliphatic rings. The maximum Gasteiger partial charge on any atom is 0.269 e. The highest BCUT2D eigenvalue weighted by atomic mass is 32.2. The van der Waals surface area contributed by atoms with Gasteiger partial charge in [-0.2, -0.15) is 0 Å². The standard InChI is InChI=1S/C16H15FN2O3S/c1-11-2-7-15(14(17)8-11)18-16(20)10-23-9-12-3-5-13(6-4-12)19(21)22/h2-8H,9-10H2,1H3,(H,18,20). The summed E-state index contributed by atoms with van der Waals surface area (Å²) in [6, 6.07) is 10.8. The van der Waals surface area contributed by atoms with E-state index in [2.05, 4.69) is 5.32 Å². The molecule has 120 valence electrons. The molecule has 0 radical (unpaired) electrons. The van der Waals surface area contributed by atoms with Gasteiger partial charge in [-0.05, 0) is 30.2 Å². The Morgan fingerprint density at radius 2 is 1.96 bits per heavy atom. The number of nitrogens with zero attached hydrogens (tertiary/aromatic N) is 1. The van der Waals surface area contributed by atoms with Crippen LogP contribution in [0.5, 0.6) is 0 Å². The Kier molecular flexibility index (Phi) is 5.70. The Morgan fingerprint density at radius 1 is 1.26 bits per heavy atom. The van der Waals surface area contributed by atoms with Crippen LogP contribution in [0.2, 0.25) is 0 Å². The normalized spacial score (nSPS) is 10.3. The van der Waals surface area contributed by atoms with Crippen LogP contribution in [0.1, 0.15) is 11.1 Å². The van der Waals surface area contributed by atoms with Gasteiger partial charge in [0.05, 0.1) is 16.4 Å². The summed E-state index contributed by atoms with van der Waals surface area (Å²) in [5.74, 6) is -0.0371. The minimum Gasteiger partial charge on any atom is -0.323 e. The van der Waals surface area contributed by atoms with Gasteiger partial charge in [0, 0.05) is 17.9 Å². The Bertz CT molecular complexity index is 720. The lowest BCUT2D eigenvalue weighted by Gasteiger charge is -2.07. The zero-order valence-corrected chi connectivity index (χ0v) is 13.2. The number of aryl methyl sites for hydroxylation is 1. The quantitative estimate of drug-likeness (QED) is 0.642. The number of hydrogen-bond acceptors (Lipinski definition) is 4. The van der Waals surface area contributed by atoms with Crippen molar-refractivity contribution in [3.8, 4) is 0 Å². The summed E-state index contributed by atoms with van der Waals surface area (Å²) in [6.45, 7) is 1.77. The van der Waals surface area contributed by atoms with Crippen LogP contribution in [0.15, 0.2) is 42.5 Å². The Balaban J connectivity index is 1.81. The second kappa shape index (κ2) is 7.73. The number of nitro groups is 1. The van der Waals surface area contributed by atoms with Crippen LogP contribution < -0.4 is 5.32 Å². The van der Waals surface area contributed by atoms with E-state index < -0.39 is 10.7 Å². The average Bonchev–Trinajstić information content (AvgIpc) is 2.50. The fourth-order valence-electron chi connectivity index (χ4n) is 1.88. The maximum absolute atomic E-state index is 13.6. The first-order valence-corrected chi connectivity index (χ1v) is 7.98. The molecule has 2 rings (SSSR count). The van der Waals surface area contributed by atoms with E-state index in [1.165, 1.54) is 36.0 Å². The fraction of sp³-hybridized carbons (Fsp3) is 0.188. The number of anilines is 1. The number of nitro benzene ring substituents is 1. The number of benzene rings is 2. The molecule has 2 aromatic rings. The Morgan fingerprint density at radius 3 is 2.57 bits per heavy atom. The van der Waals surface area contributed by atoms with Gasteiger partial charge in [-0.3, -0.25) is 14.9 Å². The summed E-state index contributed by atoms with van der Waals surface area (Å²) in [5.41, 5.74) is 1.87. The predicted octanol–water partition coefficient (Wildman–Crippen LogP) is 3.91. The van der Waals surface area contributed by atoms with E-state index in [0.717, 1.165) is 11.1 Å². The molecule has 1 N–H and O–H groups in total. The molecule has 7 heteroatoms. The molecule has 5 nitrogen and oxygen atoms in total. The molecule has 0 aliphatic heterocycles. The highest BCUT2D eigenvalue weighted by Crippen LogP contribution is 2.18. The molecule has 0 bridgehead atoms. The molecule has 0 atom stereocenters. The molecule has 0 fully saturated rings. The van der Waals surface area contributed by atoms with Crippen LogP contribution >= 0.6 is 11.8 Å². The molecule has 0 heterocycles. The van der Waals surface area contributed by atoms with Gasteiger partial charge < -0.3 is 5.32 Å². The lowest BCUT2D eigenvalue weighted by molar-refractivity contribution is -0.384. The number of amides is 1. The van der Waals surface area contributed by atoms with Crippen molar-refractivity contribution in [1.82, 2.24) is 0 Å². The highest BCUT2D eigenvalue weighted by Gasteiger charge is 2.08. The molecule has 0 saturated heterocycles. The van der Waals surface area contributed by atoms with Crippen LogP contribution in [0.4, 0.5) is 15.8 Å². The van der Waals surface area contributed by atoms with Gasteiger partial charge in [-0.25, -0.2) is 4.39 Å². The third-order valence-electron chi connectivity index (χ3n) is 3.05. The lowest BCUT2D eigenvalue weighted by Crippen LogP contribution is -2.15. The third kappa shape index (κ3) is 5.07. The van der Waals surface area contributed by atoms with Gasteiger partial charge in [0.1, 0.15) is 5.82 Å². The molecule has 0 spiro atoms.